The zero-order chi connectivity index (χ0) is 13.2. The molecule has 0 atom stereocenters. The van der Waals surface area contributed by atoms with Crippen molar-refractivity contribution in [3.8, 4) is 11.3 Å². The molecule has 0 saturated heterocycles. The minimum Gasteiger partial charge on any atom is -0.262 e. The molecule has 0 fully saturated rings. The molecule has 0 aliphatic heterocycles. The van der Waals surface area contributed by atoms with E-state index in [1.54, 1.807) is 18.5 Å². The number of pyridine rings is 2. The molecule has 94 valence electrons. The number of rotatable bonds is 3. The predicted octanol–water partition coefficient (Wildman–Crippen LogP) is 2.00. The van der Waals surface area contributed by atoms with Crippen molar-refractivity contribution in [3.63, 3.8) is 0 Å². The molecule has 2 rings (SSSR count). The van der Waals surface area contributed by atoms with Crippen molar-refractivity contribution in [2.45, 2.75) is 12.7 Å². The molecule has 0 aliphatic carbocycles. The van der Waals surface area contributed by atoms with E-state index in [4.69, 9.17) is 0 Å². The number of nitrogens with zero attached hydrogens (tertiary/aromatic N) is 2. The summed E-state index contributed by atoms with van der Waals surface area (Å²) in [5, 5.41) is 0. The highest BCUT2D eigenvalue weighted by atomic mass is 32.2. The molecule has 0 spiro atoms. The van der Waals surface area contributed by atoms with Gasteiger partial charge in [-0.15, -0.1) is 0 Å². The molecular formula is C13H14N2O2S. The van der Waals surface area contributed by atoms with Crippen LogP contribution >= 0.6 is 0 Å². The lowest BCUT2D eigenvalue weighted by Gasteiger charge is -2.03. The number of hydrogen-bond donors (Lipinski definition) is 0. The van der Waals surface area contributed by atoms with Crippen LogP contribution in [0.3, 0.4) is 0 Å². The fraction of sp³-hybridized carbons (Fsp3) is 0.231. The van der Waals surface area contributed by atoms with Crippen LogP contribution in [-0.4, -0.2) is 24.6 Å². The SMILES string of the molecule is Cc1cc(-c2ccc(CS(C)(=O)=O)cn2)ccn1. The highest BCUT2D eigenvalue weighted by Crippen LogP contribution is 2.17. The molecule has 18 heavy (non-hydrogen) atoms. The normalized spacial score (nSPS) is 11.4. The summed E-state index contributed by atoms with van der Waals surface area (Å²) < 4.78 is 22.3. The number of sulfone groups is 1. The number of aromatic nitrogens is 2. The molecule has 2 aromatic rings. The van der Waals surface area contributed by atoms with Gasteiger partial charge in [-0.3, -0.25) is 9.97 Å². The average molecular weight is 262 g/mol. The molecule has 0 bridgehead atoms. The Hall–Kier alpha value is -1.75. The first-order valence-electron chi connectivity index (χ1n) is 5.50. The third-order valence-electron chi connectivity index (χ3n) is 2.45. The van der Waals surface area contributed by atoms with E-state index in [-0.39, 0.29) is 5.75 Å². The van der Waals surface area contributed by atoms with Gasteiger partial charge in [-0.05, 0) is 30.7 Å². The molecule has 0 saturated carbocycles. The maximum atomic E-state index is 11.2. The molecule has 0 aromatic carbocycles. The second kappa shape index (κ2) is 4.86. The van der Waals surface area contributed by atoms with Crippen molar-refractivity contribution < 1.29 is 8.42 Å². The smallest absolute Gasteiger partial charge is 0.151 e. The Morgan fingerprint density at radius 2 is 1.94 bits per heavy atom. The number of aryl methyl sites for hydroxylation is 1. The van der Waals surface area contributed by atoms with Gasteiger partial charge in [0, 0.05) is 29.9 Å². The first-order valence-corrected chi connectivity index (χ1v) is 7.56. The van der Waals surface area contributed by atoms with Gasteiger partial charge in [-0.2, -0.15) is 0 Å². The second-order valence-electron chi connectivity index (χ2n) is 4.31. The first-order chi connectivity index (χ1) is 8.44. The van der Waals surface area contributed by atoms with Gasteiger partial charge < -0.3 is 0 Å². The maximum Gasteiger partial charge on any atom is 0.151 e. The minimum atomic E-state index is -3.01. The van der Waals surface area contributed by atoms with Gasteiger partial charge in [0.1, 0.15) is 0 Å². The summed E-state index contributed by atoms with van der Waals surface area (Å²) in [5.41, 5.74) is 3.42. The van der Waals surface area contributed by atoms with E-state index in [2.05, 4.69) is 9.97 Å². The van der Waals surface area contributed by atoms with Crippen molar-refractivity contribution in [1.29, 1.82) is 0 Å². The lowest BCUT2D eigenvalue weighted by atomic mass is 10.1. The van der Waals surface area contributed by atoms with E-state index in [1.807, 2.05) is 25.1 Å². The highest BCUT2D eigenvalue weighted by Gasteiger charge is 2.05. The third kappa shape index (κ3) is 3.37. The van der Waals surface area contributed by atoms with Crippen LogP contribution in [0.2, 0.25) is 0 Å². The standard InChI is InChI=1S/C13H14N2O2S/c1-10-7-12(5-6-14-10)13-4-3-11(8-15-13)9-18(2,16)17/h3-8H,9H2,1-2H3. The summed E-state index contributed by atoms with van der Waals surface area (Å²) in [6, 6.07) is 7.44. The summed E-state index contributed by atoms with van der Waals surface area (Å²) >= 11 is 0. The molecule has 0 N–H and O–H groups in total. The Balaban J connectivity index is 2.28. The van der Waals surface area contributed by atoms with Gasteiger partial charge >= 0.3 is 0 Å². The topological polar surface area (TPSA) is 59.9 Å². The Kier molecular flexibility index (Phi) is 3.43. The zero-order valence-corrected chi connectivity index (χ0v) is 11.1. The largest absolute Gasteiger partial charge is 0.262 e. The van der Waals surface area contributed by atoms with Crippen LogP contribution in [0.15, 0.2) is 36.7 Å². The molecule has 0 aliphatic rings. The summed E-state index contributed by atoms with van der Waals surface area (Å²) in [6.45, 7) is 1.92. The van der Waals surface area contributed by atoms with E-state index in [0.717, 1.165) is 17.0 Å². The summed E-state index contributed by atoms with van der Waals surface area (Å²) in [4.78, 5) is 8.41. The van der Waals surface area contributed by atoms with Gasteiger partial charge in [0.15, 0.2) is 9.84 Å². The van der Waals surface area contributed by atoms with Crippen LogP contribution in [0, 0.1) is 6.92 Å². The van der Waals surface area contributed by atoms with Crippen molar-refractivity contribution in [2.24, 2.45) is 0 Å². The molecular weight excluding hydrogens is 248 g/mol. The molecule has 2 aromatic heterocycles. The molecule has 4 nitrogen and oxygen atoms in total. The highest BCUT2D eigenvalue weighted by molar-refractivity contribution is 7.89. The predicted molar refractivity (Wildman–Crippen MR) is 70.8 cm³/mol. The average Bonchev–Trinajstić information content (AvgIpc) is 2.28. The fourth-order valence-electron chi connectivity index (χ4n) is 1.69. The number of hydrogen-bond acceptors (Lipinski definition) is 4. The van der Waals surface area contributed by atoms with Crippen LogP contribution in [0.5, 0.6) is 0 Å². The van der Waals surface area contributed by atoms with Crippen LogP contribution in [-0.2, 0) is 15.6 Å². The van der Waals surface area contributed by atoms with Gasteiger partial charge in [-0.1, -0.05) is 6.07 Å². The Morgan fingerprint density at radius 3 is 2.50 bits per heavy atom. The summed E-state index contributed by atoms with van der Waals surface area (Å²) in [5.74, 6) is 0.0235. The van der Waals surface area contributed by atoms with Gasteiger partial charge in [0.05, 0.1) is 11.4 Å². The Morgan fingerprint density at radius 1 is 1.17 bits per heavy atom. The summed E-state index contributed by atoms with van der Waals surface area (Å²) in [7, 11) is -3.01. The molecule has 0 amide bonds. The Bertz CT molecular complexity index is 649. The van der Waals surface area contributed by atoms with Gasteiger partial charge in [0.25, 0.3) is 0 Å². The van der Waals surface area contributed by atoms with Crippen LogP contribution < -0.4 is 0 Å². The zero-order valence-electron chi connectivity index (χ0n) is 10.3. The monoisotopic (exact) mass is 262 g/mol. The van der Waals surface area contributed by atoms with E-state index in [9.17, 15) is 8.42 Å². The second-order valence-corrected chi connectivity index (χ2v) is 6.45. The lowest BCUT2D eigenvalue weighted by molar-refractivity contribution is 0.601. The van der Waals surface area contributed by atoms with E-state index >= 15 is 0 Å². The maximum absolute atomic E-state index is 11.2. The molecule has 2 heterocycles. The first kappa shape index (κ1) is 12.7. The molecule has 0 radical (unpaired) electrons. The van der Waals surface area contributed by atoms with Crippen LogP contribution in [0.1, 0.15) is 11.3 Å². The fourth-order valence-corrected chi connectivity index (χ4v) is 2.46. The van der Waals surface area contributed by atoms with Crippen LogP contribution in [0.4, 0.5) is 0 Å². The Labute approximate surface area is 107 Å². The van der Waals surface area contributed by atoms with Crippen molar-refractivity contribution >= 4 is 9.84 Å². The lowest BCUT2D eigenvalue weighted by Crippen LogP contribution is -2.01. The summed E-state index contributed by atoms with van der Waals surface area (Å²) in [6.07, 6.45) is 4.55. The van der Waals surface area contributed by atoms with Crippen molar-refractivity contribution in [3.05, 3.63) is 47.9 Å². The van der Waals surface area contributed by atoms with Gasteiger partial charge in [-0.25, -0.2) is 8.42 Å². The quantitative estimate of drug-likeness (QED) is 0.848. The van der Waals surface area contributed by atoms with E-state index in [1.165, 1.54) is 6.26 Å². The van der Waals surface area contributed by atoms with Crippen molar-refractivity contribution in [2.75, 3.05) is 6.26 Å². The van der Waals surface area contributed by atoms with Crippen molar-refractivity contribution in [1.82, 2.24) is 9.97 Å². The molecule has 5 heteroatoms. The third-order valence-corrected chi connectivity index (χ3v) is 3.30. The van der Waals surface area contributed by atoms with E-state index < -0.39 is 9.84 Å². The molecule has 0 unspecified atom stereocenters. The minimum absolute atomic E-state index is 0.0235. The van der Waals surface area contributed by atoms with E-state index in [0.29, 0.717) is 5.56 Å². The van der Waals surface area contributed by atoms with Gasteiger partial charge in [0.2, 0.25) is 0 Å². The van der Waals surface area contributed by atoms with Crippen LogP contribution in [0.25, 0.3) is 11.3 Å².